The van der Waals surface area contributed by atoms with E-state index in [2.05, 4.69) is 9.80 Å². The van der Waals surface area contributed by atoms with E-state index in [-0.39, 0.29) is 12.2 Å². The molecule has 5 heteroatoms. The monoisotopic (exact) mass is 272 g/mol. The Morgan fingerprint density at radius 3 is 1.68 bits per heavy atom. The third-order valence-corrected chi connectivity index (χ3v) is 4.02. The predicted octanol–water partition coefficient (Wildman–Crippen LogP) is -0.0836. The minimum absolute atomic E-state index is 0.114. The minimum Gasteiger partial charge on any atom is -0.392 e. The molecule has 0 unspecified atom stereocenters. The van der Waals surface area contributed by atoms with E-state index in [0.29, 0.717) is 0 Å². The first kappa shape index (κ1) is 15.2. The van der Waals surface area contributed by atoms with Crippen LogP contribution in [0, 0.1) is 0 Å². The molecule has 0 aromatic heterocycles. The largest absolute Gasteiger partial charge is 0.392 e. The summed E-state index contributed by atoms with van der Waals surface area (Å²) in [5, 5.41) is 18.8. The number of hydrogen-bond donors (Lipinski definition) is 2. The van der Waals surface area contributed by atoms with E-state index < -0.39 is 0 Å². The molecule has 0 saturated carbocycles. The van der Waals surface area contributed by atoms with Crippen molar-refractivity contribution < 1.29 is 14.9 Å². The summed E-state index contributed by atoms with van der Waals surface area (Å²) in [5.74, 6) is 0. The van der Waals surface area contributed by atoms with Crippen molar-refractivity contribution in [2.75, 3.05) is 52.5 Å². The van der Waals surface area contributed by atoms with Gasteiger partial charge in [0.05, 0.1) is 12.2 Å². The second-order valence-electron chi connectivity index (χ2n) is 5.81. The smallest absolute Gasteiger partial charge is 0.0679 e. The molecule has 0 aliphatic carbocycles. The molecule has 0 aromatic carbocycles. The number of β-amino-alcohol motifs (C(OH)–C–C–N with tert-alkyl or cyclic N) is 2. The Morgan fingerprint density at radius 1 is 0.842 bits per heavy atom. The van der Waals surface area contributed by atoms with E-state index in [4.69, 9.17) is 4.74 Å². The Kier molecular flexibility index (Phi) is 6.53. The average Bonchev–Trinajstić information content (AvgIpc) is 2.97. The van der Waals surface area contributed by atoms with Crippen molar-refractivity contribution in [2.24, 2.45) is 0 Å². The van der Waals surface area contributed by atoms with E-state index in [9.17, 15) is 10.2 Å². The number of nitrogens with zero attached hydrogens (tertiary/aromatic N) is 2. The number of aliphatic hydroxyl groups is 2. The van der Waals surface area contributed by atoms with Crippen LogP contribution in [0.5, 0.6) is 0 Å². The molecular formula is C14H28N2O3. The summed E-state index contributed by atoms with van der Waals surface area (Å²) >= 11 is 0. The minimum atomic E-state index is -0.114. The Bertz CT molecular complexity index is 229. The topological polar surface area (TPSA) is 56.2 Å². The van der Waals surface area contributed by atoms with Crippen molar-refractivity contribution in [3.05, 3.63) is 0 Å². The van der Waals surface area contributed by atoms with Crippen molar-refractivity contribution in [2.45, 2.75) is 37.9 Å². The summed E-state index contributed by atoms with van der Waals surface area (Å²) < 4.78 is 5.63. The number of likely N-dealkylation sites (tertiary alicyclic amines) is 2. The van der Waals surface area contributed by atoms with E-state index >= 15 is 0 Å². The van der Waals surface area contributed by atoms with Crippen molar-refractivity contribution in [3.63, 3.8) is 0 Å². The van der Waals surface area contributed by atoms with Gasteiger partial charge in [0, 0.05) is 52.5 Å². The third kappa shape index (κ3) is 5.75. The molecule has 112 valence electrons. The number of ether oxygens (including phenoxy) is 1. The highest BCUT2D eigenvalue weighted by atomic mass is 16.5. The van der Waals surface area contributed by atoms with Crippen molar-refractivity contribution in [1.82, 2.24) is 9.80 Å². The van der Waals surface area contributed by atoms with E-state index in [1.54, 1.807) is 0 Å². The Hall–Kier alpha value is -0.200. The van der Waals surface area contributed by atoms with Gasteiger partial charge in [0.25, 0.3) is 0 Å². The molecule has 2 atom stereocenters. The molecule has 2 rings (SSSR count). The molecule has 2 aliphatic heterocycles. The van der Waals surface area contributed by atoms with Gasteiger partial charge in [-0.1, -0.05) is 0 Å². The second kappa shape index (κ2) is 8.17. The quantitative estimate of drug-likeness (QED) is 0.605. The molecule has 2 heterocycles. The van der Waals surface area contributed by atoms with Crippen LogP contribution >= 0.6 is 0 Å². The van der Waals surface area contributed by atoms with Gasteiger partial charge in [-0.15, -0.1) is 0 Å². The first-order chi connectivity index (χ1) is 9.24. The summed E-state index contributed by atoms with van der Waals surface area (Å²) in [7, 11) is 0. The number of hydrogen-bond acceptors (Lipinski definition) is 5. The van der Waals surface area contributed by atoms with Crippen LogP contribution in [0.25, 0.3) is 0 Å². The lowest BCUT2D eigenvalue weighted by atomic mass is 10.3. The summed E-state index contributed by atoms with van der Waals surface area (Å²) in [5.41, 5.74) is 0. The molecule has 5 nitrogen and oxygen atoms in total. The fraction of sp³-hybridized carbons (Fsp3) is 1.00. The van der Waals surface area contributed by atoms with Crippen LogP contribution in [0.4, 0.5) is 0 Å². The van der Waals surface area contributed by atoms with Gasteiger partial charge in [-0.2, -0.15) is 0 Å². The molecular weight excluding hydrogens is 244 g/mol. The van der Waals surface area contributed by atoms with Gasteiger partial charge in [-0.05, 0) is 25.7 Å². The van der Waals surface area contributed by atoms with Gasteiger partial charge in [0.1, 0.15) is 0 Å². The molecule has 0 radical (unpaired) electrons. The lowest BCUT2D eigenvalue weighted by molar-refractivity contribution is 0.109. The molecule has 2 saturated heterocycles. The highest BCUT2D eigenvalue weighted by Gasteiger charge is 2.20. The van der Waals surface area contributed by atoms with E-state index in [1.165, 1.54) is 0 Å². The average molecular weight is 272 g/mol. The van der Waals surface area contributed by atoms with Crippen molar-refractivity contribution in [3.8, 4) is 0 Å². The highest BCUT2D eigenvalue weighted by molar-refractivity contribution is 4.74. The van der Waals surface area contributed by atoms with Gasteiger partial charge < -0.3 is 24.7 Å². The first-order valence-corrected chi connectivity index (χ1v) is 7.62. The standard InChI is InChI=1S/C14H28N2O3/c17-13-3-7-15(11-13)5-1-9-19-10-2-6-16-8-4-14(18)12-16/h13-14,17-18H,1-12H2/t13-,14-/m1/s1. The molecule has 0 amide bonds. The zero-order valence-electron chi connectivity index (χ0n) is 11.8. The maximum absolute atomic E-state index is 9.40. The van der Waals surface area contributed by atoms with Crippen LogP contribution in [0.3, 0.4) is 0 Å². The Morgan fingerprint density at radius 2 is 1.32 bits per heavy atom. The van der Waals surface area contributed by atoms with Crippen molar-refractivity contribution in [1.29, 1.82) is 0 Å². The van der Waals surface area contributed by atoms with Crippen LogP contribution in [-0.2, 0) is 4.74 Å². The third-order valence-electron chi connectivity index (χ3n) is 4.02. The van der Waals surface area contributed by atoms with E-state index in [0.717, 1.165) is 78.2 Å². The molecule has 0 bridgehead atoms. The maximum Gasteiger partial charge on any atom is 0.0679 e. The van der Waals surface area contributed by atoms with E-state index in [1.807, 2.05) is 0 Å². The molecule has 0 aromatic rings. The second-order valence-corrected chi connectivity index (χ2v) is 5.81. The molecule has 2 N–H and O–H groups in total. The summed E-state index contributed by atoms with van der Waals surface area (Å²) in [6.07, 6.45) is 3.71. The normalized spacial score (nSPS) is 29.4. The van der Waals surface area contributed by atoms with Crippen LogP contribution < -0.4 is 0 Å². The summed E-state index contributed by atoms with van der Waals surface area (Å²) in [6, 6.07) is 0. The van der Waals surface area contributed by atoms with Crippen LogP contribution in [0.15, 0.2) is 0 Å². The number of rotatable bonds is 8. The van der Waals surface area contributed by atoms with Gasteiger partial charge >= 0.3 is 0 Å². The molecule has 19 heavy (non-hydrogen) atoms. The fourth-order valence-electron chi connectivity index (χ4n) is 2.91. The molecule has 2 aliphatic rings. The van der Waals surface area contributed by atoms with Gasteiger partial charge in [0.2, 0.25) is 0 Å². The molecule has 0 spiro atoms. The predicted molar refractivity (Wildman–Crippen MR) is 74.2 cm³/mol. The summed E-state index contributed by atoms with van der Waals surface area (Å²) in [4.78, 5) is 4.61. The van der Waals surface area contributed by atoms with Crippen LogP contribution in [0.2, 0.25) is 0 Å². The van der Waals surface area contributed by atoms with Gasteiger partial charge in [0.15, 0.2) is 0 Å². The Labute approximate surface area is 116 Å². The van der Waals surface area contributed by atoms with Crippen molar-refractivity contribution >= 4 is 0 Å². The summed E-state index contributed by atoms with van der Waals surface area (Å²) in [6.45, 7) is 7.42. The zero-order chi connectivity index (χ0) is 13.5. The lowest BCUT2D eigenvalue weighted by Crippen LogP contribution is -2.25. The lowest BCUT2D eigenvalue weighted by Gasteiger charge is -2.16. The zero-order valence-corrected chi connectivity index (χ0v) is 11.8. The van der Waals surface area contributed by atoms with Gasteiger partial charge in [-0.25, -0.2) is 0 Å². The van der Waals surface area contributed by atoms with Gasteiger partial charge in [-0.3, -0.25) is 0 Å². The fourth-order valence-corrected chi connectivity index (χ4v) is 2.91. The van der Waals surface area contributed by atoms with Crippen LogP contribution in [-0.4, -0.2) is 84.7 Å². The SMILES string of the molecule is O[C@@H]1CCN(CCCOCCCN2CC[C@@H](O)C2)C1. The van der Waals surface area contributed by atoms with Crippen LogP contribution in [0.1, 0.15) is 25.7 Å². The number of aliphatic hydroxyl groups excluding tert-OH is 2. The Balaban J connectivity index is 1.36. The maximum atomic E-state index is 9.40. The first-order valence-electron chi connectivity index (χ1n) is 7.62. The highest BCUT2D eigenvalue weighted by Crippen LogP contribution is 2.09. The molecule has 2 fully saturated rings.